The molecular formula is C25H29N7O. The Morgan fingerprint density at radius 2 is 2.00 bits per heavy atom. The topological polar surface area (TPSA) is 113 Å². The molecule has 2 heterocycles. The molecule has 2 aromatic carbocycles. The molecule has 0 saturated heterocycles. The summed E-state index contributed by atoms with van der Waals surface area (Å²) >= 11 is 0. The zero-order valence-electron chi connectivity index (χ0n) is 18.8. The van der Waals surface area contributed by atoms with Crippen LogP contribution < -0.4 is 21.1 Å². The van der Waals surface area contributed by atoms with Crippen LogP contribution in [0.3, 0.4) is 0 Å². The van der Waals surface area contributed by atoms with E-state index < -0.39 is 0 Å². The average molecular weight is 444 g/mol. The second-order valence-electron chi connectivity index (χ2n) is 7.89. The van der Waals surface area contributed by atoms with Gasteiger partial charge in [0.2, 0.25) is 0 Å². The third kappa shape index (κ3) is 5.26. The minimum absolute atomic E-state index is 0.377. The average Bonchev–Trinajstić information content (AvgIpc) is 3.44. The van der Waals surface area contributed by atoms with E-state index in [4.69, 9.17) is 10.5 Å². The first kappa shape index (κ1) is 22.2. The van der Waals surface area contributed by atoms with Crippen molar-refractivity contribution in [1.82, 2.24) is 20.4 Å². The highest BCUT2D eigenvalue weighted by Crippen LogP contribution is 2.26. The number of fused-ring (bicyclic) bond motifs is 1. The zero-order valence-corrected chi connectivity index (χ0v) is 18.8. The molecule has 0 unspecified atom stereocenters. The fourth-order valence-corrected chi connectivity index (χ4v) is 3.95. The predicted octanol–water partition coefficient (Wildman–Crippen LogP) is 2.60. The molecule has 0 aliphatic carbocycles. The molecule has 170 valence electrons. The van der Waals surface area contributed by atoms with E-state index in [9.17, 15) is 5.26 Å². The second kappa shape index (κ2) is 10.6. The van der Waals surface area contributed by atoms with Gasteiger partial charge in [0.25, 0.3) is 0 Å². The first-order valence-electron chi connectivity index (χ1n) is 11.2. The third-order valence-corrected chi connectivity index (χ3v) is 5.67. The Bertz CT molecular complexity index is 1160. The molecule has 4 rings (SSSR count). The first-order chi connectivity index (χ1) is 16.2. The summed E-state index contributed by atoms with van der Waals surface area (Å²) in [4.78, 5) is 4.30. The fraction of sp³-hybridized carbons (Fsp3) is 0.320. The summed E-state index contributed by atoms with van der Waals surface area (Å²) in [6, 6.07) is 18.2. The van der Waals surface area contributed by atoms with Crippen LogP contribution in [0.15, 0.2) is 53.5 Å². The number of nitrogens with zero attached hydrogens (tertiary/aromatic N) is 4. The van der Waals surface area contributed by atoms with Crippen LogP contribution >= 0.6 is 0 Å². The monoisotopic (exact) mass is 443 g/mol. The fourth-order valence-electron chi connectivity index (χ4n) is 3.95. The van der Waals surface area contributed by atoms with Crippen LogP contribution in [0, 0.1) is 11.3 Å². The lowest BCUT2D eigenvalue weighted by atomic mass is 10.1. The third-order valence-electron chi connectivity index (χ3n) is 5.67. The van der Waals surface area contributed by atoms with E-state index in [0.717, 1.165) is 49.8 Å². The van der Waals surface area contributed by atoms with Gasteiger partial charge in [0.1, 0.15) is 23.2 Å². The SMILES string of the molecule is CN=C(NCCCc1nn(-c2ccccc2)c(N)c1C#N)NCCc1ccc2c(c1)CCO2. The molecule has 0 atom stereocenters. The van der Waals surface area contributed by atoms with E-state index in [1.807, 2.05) is 30.3 Å². The van der Waals surface area contributed by atoms with Crippen molar-refractivity contribution < 1.29 is 4.74 Å². The molecule has 0 amide bonds. The van der Waals surface area contributed by atoms with Gasteiger partial charge in [-0.1, -0.05) is 30.3 Å². The molecule has 1 aliphatic rings. The Balaban J connectivity index is 1.25. The number of nitriles is 1. The molecule has 8 nitrogen and oxygen atoms in total. The standard InChI is InChI=1S/C25H29N7O/c1-28-25(30-14-11-18-9-10-23-19(16-18)12-15-33-23)29-13-5-8-22-21(17-26)24(27)32(31-22)20-6-3-2-4-7-20/h2-4,6-7,9-10,16H,5,8,11-15,27H2,1H3,(H2,28,29,30). The van der Waals surface area contributed by atoms with Crippen molar-refractivity contribution in [3.05, 3.63) is 70.9 Å². The van der Waals surface area contributed by atoms with Crippen LogP contribution in [-0.2, 0) is 19.3 Å². The van der Waals surface area contributed by atoms with Crippen LogP contribution in [0.25, 0.3) is 5.69 Å². The van der Waals surface area contributed by atoms with Gasteiger partial charge in [-0.3, -0.25) is 4.99 Å². The molecule has 0 radical (unpaired) electrons. The maximum Gasteiger partial charge on any atom is 0.190 e. The van der Waals surface area contributed by atoms with Crippen molar-refractivity contribution in [2.24, 2.45) is 4.99 Å². The number of aromatic nitrogens is 2. The van der Waals surface area contributed by atoms with Crippen LogP contribution in [-0.4, -0.2) is 42.5 Å². The largest absolute Gasteiger partial charge is 0.493 e. The van der Waals surface area contributed by atoms with Crippen molar-refractivity contribution in [1.29, 1.82) is 5.26 Å². The molecule has 1 aromatic heterocycles. The molecule has 3 aromatic rings. The maximum absolute atomic E-state index is 9.55. The molecule has 0 bridgehead atoms. The van der Waals surface area contributed by atoms with Gasteiger partial charge in [-0.25, -0.2) is 4.68 Å². The number of anilines is 1. The van der Waals surface area contributed by atoms with Gasteiger partial charge in [-0.15, -0.1) is 0 Å². The summed E-state index contributed by atoms with van der Waals surface area (Å²) in [5, 5.41) is 20.8. The molecule has 8 heteroatoms. The number of nitrogen functional groups attached to an aromatic ring is 1. The van der Waals surface area contributed by atoms with Crippen molar-refractivity contribution in [3.63, 3.8) is 0 Å². The number of nitrogens with two attached hydrogens (primary N) is 1. The highest BCUT2D eigenvalue weighted by Gasteiger charge is 2.16. The Morgan fingerprint density at radius 1 is 1.18 bits per heavy atom. The number of para-hydroxylation sites is 1. The number of hydrogen-bond donors (Lipinski definition) is 3. The Kier molecular flexibility index (Phi) is 7.10. The Morgan fingerprint density at radius 3 is 2.79 bits per heavy atom. The minimum atomic E-state index is 0.377. The number of rotatable bonds is 8. The van der Waals surface area contributed by atoms with Crippen LogP contribution in [0.2, 0.25) is 0 Å². The number of nitrogens with one attached hydrogen (secondary N) is 2. The lowest BCUT2D eigenvalue weighted by Crippen LogP contribution is -2.38. The van der Waals surface area contributed by atoms with Gasteiger partial charge in [-0.05, 0) is 48.6 Å². The molecule has 33 heavy (non-hydrogen) atoms. The molecule has 0 fully saturated rings. The number of guanidine groups is 1. The number of ether oxygens (including phenoxy) is 1. The molecule has 0 saturated carbocycles. The second-order valence-corrected chi connectivity index (χ2v) is 7.89. The number of benzene rings is 2. The quantitative estimate of drug-likeness (QED) is 0.280. The van der Waals surface area contributed by atoms with Gasteiger partial charge in [0.15, 0.2) is 5.96 Å². The molecular weight excluding hydrogens is 414 g/mol. The van der Waals surface area contributed by atoms with Crippen LogP contribution in [0.1, 0.15) is 28.8 Å². The summed E-state index contributed by atoms with van der Waals surface area (Å²) in [6.07, 6.45) is 3.35. The van der Waals surface area contributed by atoms with Crippen LogP contribution in [0.4, 0.5) is 5.82 Å². The van der Waals surface area contributed by atoms with Crippen molar-refractivity contribution in [3.8, 4) is 17.5 Å². The van der Waals surface area contributed by atoms with E-state index in [1.165, 1.54) is 11.1 Å². The van der Waals surface area contributed by atoms with Crippen molar-refractivity contribution in [2.75, 3.05) is 32.5 Å². The Hall–Kier alpha value is -3.99. The highest BCUT2D eigenvalue weighted by atomic mass is 16.5. The molecule has 4 N–H and O–H groups in total. The van der Waals surface area contributed by atoms with E-state index in [-0.39, 0.29) is 0 Å². The highest BCUT2D eigenvalue weighted by molar-refractivity contribution is 5.79. The summed E-state index contributed by atoms with van der Waals surface area (Å²) in [5.74, 6) is 2.15. The normalized spacial score (nSPS) is 12.7. The summed E-state index contributed by atoms with van der Waals surface area (Å²) in [5.41, 5.74) is 10.8. The summed E-state index contributed by atoms with van der Waals surface area (Å²) < 4.78 is 7.20. The van der Waals surface area contributed by atoms with Gasteiger partial charge >= 0.3 is 0 Å². The van der Waals surface area contributed by atoms with E-state index >= 15 is 0 Å². The van der Waals surface area contributed by atoms with Crippen LogP contribution in [0.5, 0.6) is 5.75 Å². The predicted molar refractivity (Wildman–Crippen MR) is 130 cm³/mol. The van der Waals surface area contributed by atoms with E-state index in [2.05, 4.69) is 45.0 Å². The summed E-state index contributed by atoms with van der Waals surface area (Å²) in [7, 11) is 1.76. The lowest BCUT2D eigenvalue weighted by molar-refractivity contribution is 0.357. The van der Waals surface area contributed by atoms with Gasteiger partial charge in [0, 0.05) is 26.6 Å². The van der Waals surface area contributed by atoms with Crippen molar-refractivity contribution >= 4 is 11.8 Å². The van der Waals surface area contributed by atoms with Crippen molar-refractivity contribution in [2.45, 2.75) is 25.7 Å². The van der Waals surface area contributed by atoms with E-state index in [0.29, 0.717) is 30.0 Å². The molecule has 0 spiro atoms. The Labute approximate surface area is 194 Å². The number of hydrogen-bond acceptors (Lipinski definition) is 5. The first-order valence-corrected chi connectivity index (χ1v) is 11.2. The lowest BCUT2D eigenvalue weighted by Gasteiger charge is -2.12. The summed E-state index contributed by atoms with van der Waals surface area (Å²) in [6.45, 7) is 2.28. The maximum atomic E-state index is 9.55. The smallest absolute Gasteiger partial charge is 0.190 e. The zero-order chi connectivity index (χ0) is 23.0. The van der Waals surface area contributed by atoms with E-state index in [1.54, 1.807) is 11.7 Å². The molecule has 1 aliphatic heterocycles. The number of aliphatic imine (C=N–C) groups is 1. The van der Waals surface area contributed by atoms with Gasteiger partial charge in [0.05, 0.1) is 18.0 Å². The number of aryl methyl sites for hydroxylation is 1. The van der Waals surface area contributed by atoms with Gasteiger partial charge < -0.3 is 21.1 Å². The minimum Gasteiger partial charge on any atom is -0.493 e. The van der Waals surface area contributed by atoms with Gasteiger partial charge in [-0.2, -0.15) is 10.4 Å².